The lowest BCUT2D eigenvalue weighted by molar-refractivity contribution is 0.102. The van der Waals surface area contributed by atoms with E-state index in [9.17, 15) is 9.18 Å². The molecule has 0 saturated heterocycles. The first-order valence-corrected chi connectivity index (χ1v) is 6.27. The molecule has 0 atom stereocenters. The number of amides is 1. The molecule has 0 radical (unpaired) electrons. The van der Waals surface area contributed by atoms with Crippen LogP contribution in [-0.2, 0) is 0 Å². The van der Waals surface area contributed by atoms with Crippen molar-refractivity contribution in [1.29, 1.82) is 0 Å². The number of anilines is 1. The minimum Gasteiger partial charge on any atom is -0.494 e. The third-order valence-electron chi connectivity index (χ3n) is 3.12. The molecule has 0 aliphatic carbocycles. The molecule has 0 saturated carbocycles. The van der Waals surface area contributed by atoms with Gasteiger partial charge in [0.15, 0.2) is 17.4 Å². The second-order valence-corrected chi connectivity index (χ2v) is 4.42. The van der Waals surface area contributed by atoms with Crippen LogP contribution in [-0.4, -0.2) is 23.2 Å². The second-order valence-electron chi connectivity index (χ2n) is 4.42. The Hall–Kier alpha value is -2.89. The van der Waals surface area contributed by atoms with Gasteiger partial charge in [-0.15, -0.1) is 0 Å². The van der Waals surface area contributed by atoms with Crippen LogP contribution in [0.25, 0.3) is 10.9 Å². The maximum absolute atomic E-state index is 13.6. The molecule has 0 spiro atoms. The highest BCUT2D eigenvalue weighted by atomic mass is 19.1. The largest absolute Gasteiger partial charge is 0.494 e. The van der Waals surface area contributed by atoms with Crippen molar-refractivity contribution in [3.05, 3.63) is 53.8 Å². The summed E-state index contributed by atoms with van der Waals surface area (Å²) >= 11 is 0. The molecule has 3 aromatic rings. The molecule has 5 nitrogen and oxygen atoms in total. The van der Waals surface area contributed by atoms with Gasteiger partial charge in [0.05, 0.1) is 12.6 Å². The molecule has 0 bridgehead atoms. The van der Waals surface area contributed by atoms with Crippen LogP contribution in [0.15, 0.2) is 42.5 Å². The summed E-state index contributed by atoms with van der Waals surface area (Å²) in [6.07, 6.45) is 0. The Morgan fingerprint density at radius 1 is 1.29 bits per heavy atom. The van der Waals surface area contributed by atoms with Crippen LogP contribution < -0.4 is 10.1 Å². The Morgan fingerprint density at radius 2 is 2.10 bits per heavy atom. The van der Waals surface area contributed by atoms with Gasteiger partial charge >= 0.3 is 0 Å². The molecule has 1 heterocycles. The van der Waals surface area contributed by atoms with Crippen molar-refractivity contribution in [3.63, 3.8) is 0 Å². The first-order chi connectivity index (χ1) is 10.2. The van der Waals surface area contributed by atoms with Crippen molar-refractivity contribution in [1.82, 2.24) is 10.2 Å². The average molecular weight is 285 g/mol. The van der Waals surface area contributed by atoms with Crippen molar-refractivity contribution in [3.8, 4) is 5.75 Å². The fourth-order valence-electron chi connectivity index (χ4n) is 2.05. The van der Waals surface area contributed by atoms with Gasteiger partial charge in [-0.25, -0.2) is 4.39 Å². The summed E-state index contributed by atoms with van der Waals surface area (Å²) in [5, 5.41) is 10.3. The summed E-state index contributed by atoms with van der Waals surface area (Å²) in [6.45, 7) is 0. The monoisotopic (exact) mass is 285 g/mol. The predicted octanol–water partition coefficient (Wildman–Crippen LogP) is 2.96. The summed E-state index contributed by atoms with van der Waals surface area (Å²) in [7, 11) is 1.37. The molecule has 6 heteroatoms. The van der Waals surface area contributed by atoms with Gasteiger partial charge in [-0.05, 0) is 30.3 Å². The first kappa shape index (κ1) is 13.1. The zero-order valence-corrected chi connectivity index (χ0v) is 11.2. The van der Waals surface area contributed by atoms with Gasteiger partial charge in [0.25, 0.3) is 5.91 Å². The fourth-order valence-corrected chi connectivity index (χ4v) is 2.05. The van der Waals surface area contributed by atoms with Crippen LogP contribution in [0.5, 0.6) is 5.75 Å². The minimum absolute atomic E-state index is 0.0942. The summed E-state index contributed by atoms with van der Waals surface area (Å²) in [6, 6.07) is 11.4. The van der Waals surface area contributed by atoms with Gasteiger partial charge in [-0.1, -0.05) is 12.1 Å². The molecule has 2 N–H and O–H groups in total. The number of hydrogen-bond acceptors (Lipinski definition) is 3. The number of halogens is 1. The number of aromatic amines is 1. The third kappa shape index (κ3) is 2.43. The van der Waals surface area contributed by atoms with E-state index in [4.69, 9.17) is 4.74 Å². The number of carbonyl (C=O) groups is 1. The number of nitrogens with zero attached hydrogens (tertiary/aromatic N) is 1. The van der Waals surface area contributed by atoms with Crippen LogP contribution >= 0.6 is 0 Å². The first-order valence-electron chi connectivity index (χ1n) is 6.27. The van der Waals surface area contributed by atoms with E-state index >= 15 is 0 Å². The van der Waals surface area contributed by atoms with Crippen molar-refractivity contribution in [2.24, 2.45) is 0 Å². The van der Waals surface area contributed by atoms with E-state index in [1.807, 2.05) is 24.3 Å². The number of nitrogens with one attached hydrogen (secondary N) is 2. The third-order valence-corrected chi connectivity index (χ3v) is 3.12. The van der Waals surface area contributed by atoms with E-state index in [0.29, 0.717) is 5.82 Å². The predicted molar refractivity (Wildman–Crippen MR) is 77.0 cm³/mol. The zero-order valence-electron chi connectivity index (χ0n) is 11.2. The number of carbonyl (C=O) groups excluding carboxylic acids is 1. The molecule has 2 aromatic carbocycles. The maximum Gasteiger partial charge on any atom is 0.256 e. The molecule has 106 valence electrons. The Morgan fingerprint density at radius 3 is 2.86 bits per heavy atom. The molecular formula is C15H12FN3O2. The lowest BCUT2D eigenvalue weighted by atomic mass is 10.2. The number of ether oxygens (including phenoxy) is 1. The minimum atomic E-state index is -0.586. The van der Waals surface area contributed by atoms with Crippen molar-refractivity contribution < 1.29 is 13.9 Å². The molecule has 3 rings (SSSR count). The van der Waals surface area contributed by atoms with E-state index in [-0.39, 0.29) is 11.3 Å². The highest BCUT2D eigenvalue weighted by Crippen LogP contribution is 2.22. The molecule has 0 fully saturated rings. The van der Waals surface area contributed by atoms with Gasteiger partial charge in [-0.3, -0.25) is 9.89 Å². The van der Waals surface area contributed by atoms with Crippen LogP contribution in [0.2, 0.25) is 0 Å². The molecule has 21 heavy (non-hydrogen) atoms. The Balaban J connectivity index is 1.88. The molecule has 0 aliphatic rings. The summed E-state index contributed by atoms with van der Waals surface area (Å²) < 4.78 is 18.4. The van der Waals surface area contributed by atoms with Gasteiger partial charge < -0.3 is 10.1 Å². The molecular weight excluding hydrogens is 273 g/mol. The second kappa shape index (κ2) is 5.24. The smallest absolute Gasteiger partial charge is 0.256 e. The maximum atomic E-state index is 13.6. The number of hydrogen-bond donors (Lipinski definition) is 2. The van der Waals surface area contributed by atoms with Gasteiger partial charge in [0, 0.05) is 10.9 Å². The van der Waals surface area contributed by atoms with Gasteiger partial charge in [-0.2, -0.15) is 5.10 Å². The van der Waals surface area contributed by atoms with Crippen molar-refractivity contribution >= 4 is 22.6 Å². The van der Waals surface area contributed by atoms with Crippen LogP contribution in [0.1, 0.15) is 10.4 Å². The lowest BCUT2D eigenvalue weighted by Crippen LogP contribution is -2.12. The lowest BCUT2D eigenvalue weighted by Gasteiger charge is -2.05. The standard InChI is InChI=1S/C15H12FN3O2/c1-21-13-7-6-9(8-11(13)16)15(20)17-14-10-4-2-3-5-12(10)18-19-14/h2-8H,1H3,(H2,17,18,19,20). The molecule has 0 aliphatic heterocycles. The topological polar surface area (TPSA) is 67.0 Å². The Labute approximate surface area is 119 Å². The molecule has 1 aromatic heterocycles. The normalized spacial score (nSPS) is 10.6. The van der Waals surface area contributed by atoms with Crippen LogP contribution in [0.3, 0.4) is 0 Å². The number of fused-ring (bicyclic) bond motifs is 1. The van der Waals surface area contributed by atoms with E-state index in [2.05, 4.69) is 15.5 Å². The molecule has 0 unspecified atom stereocenters. The van der Waals surface area contributed by atoms with E-state index < -0.39 is 11.7 Å². The molecule has 1 amide bonds. The summed E-state index contributed by atoms with van der Waals surface area (Å²) in [5.41, 5.74) is 1.01. The van der Waals surface area contributed by atoms with Crippen LogP contribution in [0.4, 0.5) is 10.2 Å². The average Bonchev–Trinajstić information content (AvgIpc) is 2.90. The summed E-state index contributed by atoms with van der Waals surface area (Å²) in [5.74, 6) is -0.519. The van der Waals surface area contributed by atoms with E-state index in [1.54, 1.807) is 0 Å². The van der Waals surface area contributed by atoms with Crippen molar-refractivity contribution in [2.45, 2.75) is 0 Å². The fraction of sp³-hybridized carbons (Fsp3) is 0.0667. The SMILES string of the molecule is COc1ccc(C(=O)Nc2n[nH]c3ccccc23)cc1F. The quantitative estimate of drug-likeness (QED) is 0.777. The zero-order chi connectivity index (χ0) is 14.8. The highest BCUT2D eigenvalue weighted by Gasteiger charge is 2.13. The van der Waals surface area contributed by atoms with E-state index in [0.717, 1.165) is 17.0 Å². The van der Waals surface area contributed by atoms with Gasteiger partial charge in [0.2, 0.25) is 0 Å². The Bertz CT molecular complexity index is 814. The van der Waals surface area contributed by atoms with E-state index in [1.165, 1.54) is 19.2 Å². The number of rotatable bonds is 3. The highest BCUT2D eigenvalue weighted by molar-refractivity contribution is 6.07. The number of H-pyrrole nitrogens is 1. The number of methoxy groups -OCH3 is 1. The van der Waals surface area contributed by atoms with Gasteiger partial charge in [0.1, 0.15) is 0 Å². The Kier molecular flexibility index (Phi) is 3.27. The van der Waals surface area contributed by atoms with Crippen molar-refractivity contribution in [2.75, 3.05) is 12.4 Å². The number of benzene rings is 2. The summed E-state index contributed by atoms with van der Waals surface area (Å²) in [4.78, 5) is 12.1. The number of aromatic nitrogens is 2. The van der Waals surface area contributed by atoms with Crippen LogP contribution in [0, 0.1) is 5.82 Å². The number of para-hydroxylation sites is 1.